The summed E-state index contributed by atoms with van der Waals surface area (Å²) in [5.41, 5.74) is 1.31. The van der Waals surface area contributed by atoms with Gasteiger partial charge in [-0.3, -0.25) is 43.3 Å². The van der Waals surface area contributed by atoms with Gasteiger partial charge in [0.1, 0.15) is 12.4 Å². The molecule has 1 aromatic carbocycles. The topological polar surface area (TPSA) is 237 Å². The molecule has 79 heavy (non-hydrogen) atoms. The maximum absolute atomic E-state index is 14.4. The van der Waals surface area contributed by atoms with Crippen LogP contribution in [0.1, 0.15) is 133 Å². The van der Waals surface area contributed by atoms with Crippen LogP contribution >= 0.6 is 0 Å². The molecule has 1 heterocycles. The third-order valence-corrected chi connectivity index (χ3v) is 15.0. The number of rotatable bonds is 40. The number of nitrogens with one attached hydrogen (secondary N) is 2. The number of anilines is 1. The van der Waals surface area contributed by atoms with Crippen molar-refractivity contribution in [3.8, 4) is 0 Å². The number of methoxy groups -OCH3 is 2. The summed E-state index contributed by atoms with van der Waals surface area (Å²) in [6.45, 7) is 20.7. The zero-order chi connectivity index (χ0) is 59.5. The van der Waals surface area contributed by atoms with Gasteiger partial charge in [-0.15, -0.1) is 0 Å². The summed E-state index contributed by atoms with van der Waals surface area (Å²) >= 11 is 0. The highest BCUT2D eigenvalue weighted by Gasteiger charge is 2.43. The predicted octanol–water partition coefficient (Wildman–Crippen LogP) is 7.03. The highest BCUT2D eigenvalue weighted by molar-refractivity contribution is 5.95. The first-order valence-corrected chi connectivity index (χ1v) is 28.5. The summed E-state index contributed by atoms with van der Waals surface area (Å²) in [7, 11) is 8.64. The van der Waals surface area contributed by atoms with Gasteiger partial charge in [0.15, 0.2) is 11.6 Å². The molecule has 3 N–H and O–H groups in total. The van der Waals surface area contributed by atoms with Crippen molar-refractivity contribution in [1.29, 1.82) is 0 Å². The highest BCUT2D eigenvalue weighted by atomic mass is 16.5. The smallest absolute Gasteiger partial charge is 0.305 e. The number of hydrogen-bond donors (Lipinski definition) is 3. The Bertz CT molecular complexity index is 2090. The summed E-state index contributed by atoms with van der Waals surface area (Å²) < 4.78 is 28.4. The summed E-state index contributed by atoms with van der Waals surface area (Å²) in [6, 6.07) is 5.33. The molecule has 0 bridgehead atoms. The average molecular weight is 1110 g/mol. The van der Waals surface area contributed by atoms with Crippen molar-refractivity contribution in [1.82, 2.24) is 20.0 Å². The number of Topliss-reactive ketones (excluding diaryl/α,β-unsaturated/α-hetero) is 2. The first kappa shape index (κ1) is 70.2. The van der Waals surface area contributed by atoms with E-state index in [9.17, 15) is 38.4 Å². The summed E-state index contributed by atoms with van der Waals surface area (Å²) in [5.74, 6) is -3.87. The van der Waals surface area contributed by atoms with E-state index in [-0.39, 0.29) is 142 Å². The third-order valence-electron chi connectivity index (χ3n) is 15.0. The van der Waals surface area contributed by atoms with Crippen LogP contribution in [0, 0.1) is 41.4 Å². The summed E-state index contributed by atoms with van der Waals surface area (Å²) in [5, 5.41) is 14.6. The molecular formula is C60H99N5O14. The lowest BCUT2D eigenvalue weighted by atomic mass is 9.83. The maximum Gasteiger partial charge on any atom is 0.305 e. The molecule has 1 aromatic rings. The largest absolute Gasteiger partial charge is 0.481 e. The highest BCUT2D eigenvalue weighted by Crippen LogP contribution is 2.31. The zero-order valence-electron chi connectivity index (χ0n) is 50.4. The molecule has 0 radical (unpaired) electrons. The van der Waals surface area contributed by atoms with E-state index in [2.05, 4.69) is 17.6 Å². The molecule has 10 atom stereocenters. The molecule has 448 valence electrons. The Labute approximate surface area is 471 Å². The Morgan fingerprint density at radius 2 is 1.42 bits per heavy atom. The van der Waals surface area contributed by atoms with E-state index >= 15 is 0 Å². The van der Waals surface area contributed by atoms with Gasteiger partial charge in [0.25, 0.3) is 0 Å². The van der Waals surface area contributed by atoms with E-state index < -0.39 is 54.1 Å². The second-order valence-corrected chi connectivity index (χ2v) is 22.8. The van der Waals surface area contributed by atoms with Gasteiger partial charge in [-0.25, -0.2) is 0 Å². The first-order chi connectivity index (χ1) is 37.3. The molecule has 0 unspecified atom stereocenters. The summed E-state index contributed by atoms with van der Waals surface area (Å²) in [6.07, 6.45) is 4.69. The van der Waals surface area contributed by atoms with Crippen LogP contribution in [0.4, 0.5) is 5.69 Å². The Hall–Kier alpha value is -4.92. The van der Waals surface area contributed by atoms with Crippen LogP contribution in [0.2, 0.25) is 0 Å². The molecule has 0 aromatic heterocycles. The van der Waals surface area contributed by atoms with Crippen molar-refractivity contribution in [3.63, 3.8) is 0 Å². The van der Waals surface area contributed by atoms with E-state index in [0.29, 0.717) is 25.1 Å². The number of amides is 4. The van der Waals surface area contributed by atoms with E-state index in [1.807, 2.05) is 67.5 Å². The van der Waals surface area contributed by atoms with Crippen molar-refractivity contribution >= 4 is 52.6 Å². The molecule has 0 saturated carbocycles. The van der Waals surface area contributed by atoms with Crippen molar-refractivity contribution in [2.75, 3.05) is 80.3 Å². The second kappa shape index (κ2) is 36.4. The standard InChI is InChI=1S/C60H99N5O14/c1-16-41(8)56(64(13)60(74)49(39(4)5)34-51(68)55(40(6)7)63(11)12)52(75-14)35-53(69)65-27-17-18-50(65)57(76-15)43(10)59(73)62-46(32-38(2)3)23-24-48(67)37-79-36-44-19-21-45(22-20-44)61-58(72)42(9)33-47(66)25-28-77-30-31-78-29-26-54(70)71/h19-24,38-43,46,49-50,52,55-57H,16-18,25-37H2,1-15H3,(H,61,72)(H,62,73)(H,70,71)/b24-23+/t41-,42-,43+,46+,49-,50-,52+,55-,56-,57+/m0/s1. The fraction of sp³-hybridized carbons (Fsp3) is 0.733. The number of aliphatic carboxylic acids is 1. The lowest BCUT2D eigenvalue weighted by Gasteiger charge is -2.41. The minimum Gasteiger partial charge on any atom is -0.481 e. The number of carboxylic acids is 1. The number of ketones is 3. The monoisotopic (exact) mass is 1110 g/mol. The van der Waals surface area contributed by atoms with Crippen LogP contribution in [0.15, 0.2) is 36.4 Å². The van der Waals surface area contributed by atoms with Crippen LogP contribution in [-0.4, -0.2) is 178 Å². The minimum atomic E-state index is -0.942. The van der Waals surface area contributed by atoms with Crippen molar-refractivity contribution in [3.05, 3.63) is 42.0 Å². The molecule has 1 aliphatic rings. The van der Waals surface area contributed by atoms with Gasteiger partial charge >= 0.3 is 5.97 Å². The van der Waals surface area contributed by atoms with Crippen molar-refractivity contribution < 1.29 is 67.1 Å². The van der Waals surface area contributed by atoms with Gasteiger partial charge in [-0.2, -0.15) is 0 Å². The van der Waals surface area contributed by atoms with Gasteiger partial charge in [0.05, 0.1) is 82.1 Å². The molecule has 4 amide bonds. The van der Waals surface area contributed by atoms with Crippen molar-refractivity contribution in [2.45, 2.75) is 170 Å². The number of hydrogen-bond acceptors (Lipinski definition) is 14. The molecule has 19 nitrogen and oxygen atoms in total. The number of likely N-dealkylation sites (N-methyl/N-ethyl adjacent to an activating group) is 2. The fourth-order valence-corrected chi connectivity index (χ4v) is 10.5. The molecule has 1 saturated heterocycles. The van der Waals surface area contributed by atoms with E-state index in [0.717, 1.165) is 18.4 Å². The number of ether oxygens (including phenoxy) is 5. The molecule has 0 aliphatic carbocycles. The van der Waals surface area contributed by atoms with Gasteiger partial charge < -0.3 is 49.2 Å². The van der Waals surface area contributed by atoms with E-state index in [1.165, 1.54) is 6.08 Å². The first-order valence-electron chi connectivity index (χ1n) is 28.5. The number of carbonyl (C=O) groups excluding carboxylic acids is 7. The third kappa shape index (κ3) is 24.4. The van der Waals surface area contributed by atoms with Crippen LogP contribution in [0.5, 0.6) is 0 Å². The number of carbonyl (C=O) groups is 8. The van der Waals surface area contributed by atoms with Crippen molar-refractivity contribution in [2.24, 2.45) is 41.4 Å². The maximum atomic E-state index is 14.4. The van der Waals surface area contributed by atoms with Gasteiger partial charge in [0, 0.05) is 70.6 Å². The quantitative estimate of drug-likeness (QED) is 0.0442. The van der Waals surface area contributed by atoms with Crippen LogP contribution in [0.3, 0.4) is 0 Å². The predicted molar refractivity (Wildman–Crippen MR) is 304 cm³/mol. The lowest BCUT2D eigenvalue weighted by Crippen LogP contribution is -2.54. The number of benzene rings is 1. The van der Waals surface area contributed by atoms with Gasteiger partial charge in [-0.1, -0.05) is 93.9 Å². The molecule has 1 aliphatic heterocycles. The Morgan fingerprint density at radius 3 is 1.96 bits per heavy atom. The Morgan fingerprint density at radius 1 is 0.785 bits per heavy atom. The number of nitrogens with zero attached hydrogens (tertiary/aromatic N) is 3. The zero-order valence-corrected chi connectivity index (χ0v) is 50.4. The number of likely N-dealkylation sites (tertiary alicyclic amines) is 1. The molecule has 2 rings (SSSR count). The lowest BCUT2D eigenvalue weighted by molar-refractivity contribution is -0.149. The number of carboxylic acid groups (broad SMARTS) is 1. The van der Waals surface area contributed by atoms with Crippen LogP contribution in [0.25, 0.3) is 0 Å². The second-order valence-electron chi connectivity index (χ2n) is 22.8. The minimum absolute atomic E-state index is 0.00719. The van der Waals surface area contributed by atoms with E-state index in [1.54, 1.807) is 75.3 Å². The summed E-state index contributed by atoms with van der Waals surface area (Å²) in [4.78, 5) is 111. The Balaban J connectivity index is 2.02. The van der Waals surface area contributed by atoms with Gasteiger partial charge in [0.2, 0.25) is 23.6 Å². The Kier molecular flexibility index (Phi) is 32.4. The molecule has 1 fully saturated rings. The van der Waals surface area contributed by atoms with Crippen LogP contribution < -0.4 is 10.6 Å². The SMILES string of the molecule is CC[C@H](C)[C@@H]([C@@H](CC(=O)N1CCC[C@H]1[C@H](OC)[C@@H](C)C(=O)N[C@H](/C=C/C(=O)COCc1ccc(NC(=O)[C@@H](C)CC(=O)CCOCCOCCC(=O)O)cc1)CC(C)C)OC)N(C)C(=O)[C@@H](CC(=O)[C@H](C(C)C)N(C)C)C(C)C. The van der Waals surface area contributed by atoms with E-state index in [4.69, 9.17) is 28.8 Å². The molecule has 19 heteroatoms. The molecule has 0 spiro atoms. The average Bonchev–Trinajstić information content (AvgIpc) is 3.87. The van der Waals surface area contributed by atoms with Crippen LogP contribution in [-0.2, 0) is 68.6 Å². The fourth-order valence-electron chi connectivity index (χ4n) is 10.5. The van der Waals surface area contributed by atoms with Gasteiger partial charge in [-0.05, 0) is 80.8 Å². The molecular weight excluding hydrogens is 1010 g/mol. The normalized spacial score (nSPS) is 17.3.